The van der Waals surface area contributed by atoms with Crippen LogP contribution in [0.25, 0.3) is 0 Å². The highest BCUT2D eigenvalue weighted by Gasteiger charge is 2.05. The molecule has 0 spiro atoms. The van der Waals surface area contributed by atoms with Gasteiger partial charge in [0.2, 0.25) is 0 Å². The van der Waals surface area contributed by atoms with E-state index in [2.05, 4.69) is 18.8 Å². The first-order chi connectivity index (χ1) is 9.17. The minimum absolute atomic E-state index is 0.545. The fraction of sp³-hybridized carbons (Fsp3) is 0.467. The Morgan fingerprint density at radius 1 is 1.42 bits per heavy atom. The normalized spacial score (nSPS) is 10.5. The summed E-state index contributed by atoms with van der Waals surface area (Å²) < 4.78 is 10.8. The van der Waals surface area contributed by atoms with Crippen molar-refractivity contribution in [3.63, 3.8) is 0 Å². The van der Waals surface area contributed by atoms with Crippen LogP contribution in [0.4, 0.5) is 0 Å². The average Bonchev–Trinajstić information content (AvgIpc) is 2.42. The maximum atomic E-state index is 6.02. The topological polar surface area (TPSA) is 30.5 Å². The van der Waals surface area contributed by atoms with Gasteiger partial charge in [-0.15, -0.1) is 0 Å². The Morgan fingerprint density at radius 2 is 2.21 bits per heavy atom. The number of ether oxygens (including phenoxy) is 2. The summed E-state index contributed by atoms with van der Waals surface area (Å²) in [5.41, 5.74) is 2.13. The first kappa shape index (κ1) is 16.0. The van der Waals surface area contributed by atoms with Crippen molar-refractivity contribution >= 4 is 11.6 Å². The third-order valence-electron chi connectivity index (χ3n) is 2.75. The van der Waals surface area contributed by atoms with Gasteiger partial charge in [-0.05, 0) is 30.2 Å². The quantitative estimate of drug-likeness (QED) is 0.556. The van der Waals surface area contributed by atoms with E-state index in [0.29, 0.717) is 24.8 Å². The maximum Gasteiger partial charge on any atom is 0.124 e. The van der Waals surface area contributed by atoms with Crippen LogP contribution >= 0.6 is 11.6 Å². The third-order valence-corrected chi connectivity index (χ3v) is 2.99. The number of nitrogens with one attached hydrogen (secondary N) is 1. The van der Waals surface area contributed by atoms with Crippen molar-refractivity contribution in [2.75, 3.05) is 26.9 Å². The number of benzene rings is 1. The Labute approximate surface area is 120 Å². The molecule has 0 saturated heterocycles. The second-order valence-electron chi connectivity index (χ2n) is 4.31. The average molecular weight is 284 g/mol. The summed E-state index contributed by atoms with van der Waals surface area (Å²) in [6.07, 6.45) is 0.926. The molecule has 0 fully saturated rings. The fourth-order valence-corrected chi connectivity index (χ4v) is 1.70. The molecule has 19 heavy (non-hydrogen) atoms. The highest BCUT2D eigenvalue weighted by molar-refractivity contribution is 6.30. The van der Waals surface area contributed by atoms with Gasteiger partial charge in [-0.1, -0.05) is 25.1 Å². The summed E-state index contributed by atoms with van der Waals surface area (Å²) in [7, 11) is 1.69. The first-order valence-electron chi connectivity index (χ1n) is 6.45. The van der Waals surface area contributed by atoms with Crippen molar-refractivity contribution in [2.24, 2.45) is 0 Å². The van der Waals surface area contributed by atoms with Crippen molar-refractivity contribution < 1.29 is 9.47 Å². The van der Waals surface area contributed by atoms with Crippen molar-refractivity contribution in [1.82, 2.24) is 5.32 Å². The smallest absolute Gasteiger partial charge is 0.124 e. The highest BCUT2D eigenvalue weighted by Crippen LogP contribution is 2.23. The van der Waals surface area contributed by atoms with Gasteiger partial charge in [0, 0.05) is 30.8 Å². The lowest BCUT2D eigenvalue weighted by atomic mass is 10.2. The number of rotatable bonds is 9. The van der Waals surface area contributed by atoms with Gasteiger partial charge in [0.05, 0.1) is 6.61 Å². The van der Waals surface area contributed by atoms with E-state index in [1.54, 1.807) is 7.11 Å². The van der Waals surface area contributed by atoms with Crippen LogP contribution in [0.5, 0.6) is 5.75 Å². The Morgan fingerprint density at radius 3 is 2.89 bits per heavy atom. The van der Waals surface area contributed by atoms with Crippen LogP contribution in [0.15, 0.2) is 30.4 Å². The van der Waals surface area contributed by atoms with E-state index in [1.807, 2.05) is 18.2 Å². The first-order valence-corrected chi connectivity index (χ1v) is 6.82. The highest BCUT2D eigenvalue weighted by atomic mass is 35.5. The molecule has 1 aromatic rings. The van der Waals surface area contributed by atoms with Crippen LogP contribution in [0.1, 0.15) is 18.9 Å². The zero-order valence-electron chi connectivity index (χ0n) is 11.7. The van der Waals surface area contributed by atoms with Gasteiger partial charge in [0.25, 0.3) is 0 Å². The van der Waals surface area contributed by atoms with E-state index in [-0.39, 0.29) is 0 Å². The van der Waals surface area contributed by atoms with E-state index >= 15 is 0 Å². The summed E-state index contributed by atoms with van der Waals surface area (Å²) in [4.78, 5) is 0. The molecule has 0 unspecified atom stereocenters. The molecule has 4 heteroatoms. The molecule has 0 aliphatic carbocycles. The molecule has 0 heterocycles. The van der Waals surface area contributed by atoms with Crippen molar-refractivity contribution in [3.05, 3.63) is 40.9 Å². The Bertz CT molecular complexity index is 407. The van der Waals surface area contributed by atoms with E-state index in [4.69, 9.17) is 21.1 Å². The van der Waals surface area contributed by atoms with Crippen LogP contribution < -0.4 is 10.1 Å². The zero-order chi connectivity index (χ0) is 14.1. The van der Waals surface area contributed by atoms with E-state index < -0.39 is 0 Å². The molecule has 1 aromatic carbocycles. The molecule has 3 nitrogen and oxygen atoms in total. The van der Waals surface area contributed by atoms with E-state index in [1.165, 1.54) is 0 Å². The summed E-state index contributed by atoms with van der Waals surface area (Å²) in [5, 5.41) is 4.00. The van der Waals surface area contributed by atoms with E-state index in [9.17, 15) is 0 Å². The van der Waals surface area contributed by atoms with E-state index in [0.717, 1.165) is 29.9 Å². The number of halogens is 1. The van der Waals surface area contributed by atoms with Crippen LogP contribution in [0.2, 0.25) is 5.02 Å². The van der Waals surface area contributed by atoms with Crippen molar-refractivity contribution in [2.45, 2.75) is 19.9 Å². The summed E-state index contributed by atoms with van der Waals surface area (Å²) in [5.74, 6) is 0.851. The summed E-state index contributed by atoms with van der Waals surface area (Å²) in [6, 6.07) is 5.66. The third kappa shape index (κ3) is 6.10. The van der Waals surface area contributed by atoms with Gasteiger partial charge in [0.15, 0.2) is 0 Å². The molecule has 1 rings (SSSR count). The Balaban J connectivity index is 2.60. The lowest BCUT2D eigenvalue weighted by molar-refractivity contribution is 0.199. The van der Waals surface area contributed by atoms with Gasteiger partial charge in [-0.3, -0.25) is 0 Å². The van der Waals surface area contributed by atoms with Crippen LogP contribution in [0.3, 0.4) is 0 Å². The lowest BCUT2D eigenvalue weighted by Gasteiger charge is -2.13. The molecule has 0 aromatic heterocycles. The second-order valence-corrected chi connectivity index (χ2v) is 4.75. The predicted molar refractivity (Wildman–Crippen MR) is 80.0 cm³/mol. The number of hydrogen-bond acceptors (Lipinski definition) is 3. The molecular formula is C15H22ClNO2. The van der Waals surface area contributed by atoms with Gasteiger partial charge in [0.1, 0.15) is 12.4 Å². The second kappa shape index (κ2) is 8.97. The molecule has 0 atom stereocenters. The molecule has 0 bridgehead atoms. The van der Waals surface area contributed by atoms with Crippen LogP contribution in [0, 0.1) is 0 Å². The maximum absolute atomic E-state index is 6.02. The predicted octanol–water partition coefficient (Wildman–Crippen LogP) is 3.42. The fourth-order valence-electron chi connectivity index (χ4n) is 1.51. The van der Waals surface area contributed by atoms with Gasteiger partial charge >= 0.3 is 0 Å². The van der Waals surface area contributed by atoms with Gasteiger partial charge in [-0.2, -0.15) is 0 Å². The Kier molecular flexibility index (Phi) is 7.56. The molecule has 0 saturated carbocycles. The minimum atomic E-state index is 0.545. The largest absolute Gasteiger partial charge is 0.489 e. The molecule has 0 aliphatic rings. The van der Waals surface area contributed by atoms with Crippen LogP contribution in [-0.2, 0) is 11.3 Å². The molecule has 0 amide bonds. The monoisotopic (exact) mass is 283 g/mol. The molecule has 106 valence electrons. The van der Waals surface area contributed by atoms with Crippen molar-refractivity contribution in [1.29, 1.82) is 0 Å². The standard InChI is InChI=1S/C15H22ClNO2/c1-4-12(2)11-19-15-6-5-14(16)9-13(15)10-17-7-8-18-3/h5-6,9,17H,2,4,7-8,10-11H2,1,3H3. The minimum Gasteiger partial charge on any atom is -0.489 e. The molecule has 0 radical (unpaired) electrons. The van der Waals surface area contributed by atoms with Gasteiger partial charge < -0.3 is 14.8 Å². The molecular weight excluding hydrogens is 262 g/mol. The SMILES string of the molecule is C=C(CC)COc1ccc(Cl)cc1CNCCOC. The summed E-state index contributed by atoms with van der Waals surface area (Å²) >= 11 is 6.02. The molecule has 0 aliphatic heterocycles. The lowest BCUT2D eigenvalue weighted by Crippen LogP contribution is -2.19. The van der Waals surface area contributed by atoms with Gasteiger partial charge in [-0.25, -0.2) is 0 Å². The number of methoxy groups -OCH3 is 1. The zero-order valence-corrected chi connectivity index (χ0v) is 12.4. The van der Waals surface area contributed by atoms with Crippen LogP contribution in [-0.4, -0.2) is 26.9 Å². The Hall–Kier alpha value is -1.03. The summed E-state index contributed by atoms with van der Waals surface area (Å²) in [6.45, 7) is 8.74. The molecule has 1 N–H and O–H groups in total. The van der Waals surface area contributed by atoms with Crippen molar-refractivity contribution in [3.8, 4) is 5.75 Å². The number of hydrogen-bond donors (Lipinski definition) is 1.